The van der Waals surface area contributed by atoms with Crippen LogP contribution in [0.25, 0.3) is 0 Å². The summed E-state index contributed by atoms with van der Waals surface area (Å²) in [5.41, 5.74) is 1.16. The lowest BCUT2D eigenvalue weighted by molar-refractivity contribution is 0.295. The Bertz CT molecular complexity index is 560. The highest BCUT2D eigenvalue weighted by Crippen LogP contribution is 2.28. The summed E-state index contributed by atoms with van der Waals surface area (Å²) < 4.78 is 5.52. The van der Waals surface area contributed by atoms with Gasteiger partial charge in [0.1, 0.15) is 5.75 Å². The van der Waals surface area contributed by atoms with E-state index in [4.69, 9.17) is 9.73 Å². The second-order valence-corrected chi connectivity index (χ2v) is 6.23. The summed E-state index contributed by atoms with van der Waals surface area (Å²) in [6.07, 6.45) is 6.57. The second kappa shape index (κ2) is 9.33. The van der Waals surface area contributed by atoms with E-state index in [-0.39, 0.29) is 6.04 Å². The van der Waals surface area contributed by atoms with Gasteiger partial charge in [-0.15, -0.1) is 0 Å². The fraction of sp³-hybridized carbons (Fsp3) is 0.526. The molecular formula is C19H30N4O. The van der Waals surface area contributed by atoms with Crippen molar-refractivity contribution in [1.29, 1.82) is 0 Å². The van der Waals surface area contributed by atoms with E-state index in [0.717, 1.165) is 36.7 Å². The summed E-state index contributed by atoms with van der Waals surface area (Å²) in [6, 6.07) is 8.77. The average Bonchev–Trinajstić information content (AvgIpc) is 3.08. The third-order valence-electron chi connectivity index (χ3n) is 4.24. The first-order valence-corrected chi connectivity index (χ1v) is 8.64. The van der Waals surface area contributed by atoms with Crippen LogP contribution < -0.4 is 15.4 Å². The smallest absolute Gasteiger partial charge is 0.191 e. The van der Waals surface area contributed by atoms with Gasteiger partial charge in [0, 0.05) is 18.2 Å². The molecule has 0 spiro atoms. The Morgan fingerprint density at radius 2 is 2.00 bits per heavy atom. The van der Waals surface area contributed by atoms with Crippen molar-refractivity contribution in [3.8, 4) is 5.75 Å². The topological polar surface area (TPSA) is 48.9 Å². The Kier molecular flexibility index (Phi) is 7.12. The normalized spacial score (nSPS) is 16.5. The van der Waals surface area contributed by atoms with Crippen LogP contribution in [-0.4, -0.2) is 51.2 Å². The van der Waals surface area contributed by atoms with Crippen LogP contribution in [0, 0.1) is 0 Å². The van der Waals surface area contributed by atoms with Crippen molar-refractivity contribution in [3.63, 3.8) is 0 Å². The standard InChI is InChI=1S/C19H30N4O/c1-5-20-19(22-15-10-6-7-11-15)21-14-17(23(2)3)16-12-8-9-13-18(16)24-4/h6-9,12-13,15,17H,5,10-11,14H2,1-4H3,(H2,20,21,22). The van der Waals surface area contributed by atoms with Gasteiger partial charge < -0.3 is 20.3 Å². The van der Waals surface area contributed by atoms with Crippen LogP contribution in [0.3, 0.4) is 0 Å². The zero-order chi connectivity index (χ0) is 17.4. The van der Waals surface area contributed by atoms with E-state index in [2.05, 4.69) is 54.8 Å². The molecule has 1 aliphatic carbocycles. The molecule has 0 heterocycles. The highest BCUT2D eigenvalue weighted by molar-refractivity contribution is 5.80. The molecule has 1 unspecified atom stereocenters. The van der Waals surface area contributed by atoms with Gasteiger partial charge in [-0.05, 0) is 39.9 Å². The van der Waals surface area contributed by atoms with Crippen molar-refractivity contribution in [2.75, 3.05) is 34.3 Å². The Morgan fingerprint density at radius 3 is 2.62 bits per heavy atom. The van der Waals surface area contributed by atoms with E-state index in [1.54, 1.807) is 7.11 Å². The Morgan fingerprint density at radius 1 is 1.29 bits per heavy atom. The zero-order valence-electron chi connectivity index (χ0n) is 15.2. The maximum atomic E-state index is 5.52. The number of likely N-dealkylation sites (N-methyl/N-ethyl adjacent to an activating group) is 1. The molecular weight excluding hydrogens is 300 g/mol. The molecule has 0 saturated heterocycles. The molecule has 2 rings (SSSR count). The van der Waals surface area contributed by atoms with Crippen molar-refractivity contribution >= 4 is 5.96 Å². The first kappa shape index (κ1) is 18.3. The van der Waals surface area contributed by atoms with E-state index < -0.39 is 0 Å². The number of para-hydroxylation sites is 1. The number of hydrogen-bond acceptors (Lipinski definition) is 3. The highest BCUT2D eigenvalue weighted by atomic mass is 16.5. The van der Waals surface area contributed by atoms with Crippen molar-refractivity contribution in [2.45, 2.75) is 31.8 Å². The van der Waals surface area contributed by atoms with Crippen LogP contribution in [0.4, 0.5) is 0 Å². The molecule has 0 bridgehead atoms. The summed E-state index contributed by atoms with van der Waals surface area (Å²) in [6.45, 7) is 3.61. The fourth-order valence-corrected chi connectivity index (χ4v) is 2.91. The number of nitrogens with zero attached hydrogens (tertiary/aromatic N) is 2. The third kappa shape index (κ3) is 4.99. The van der Waals surface area contributed by atoms with Crippen LogP contribution in [0.15, 0.2) is 41.4 Å². The van der Waals surface area contributed by atoms with Crippen LogP contribution in [0.5, 0.6) is 5.75 Å². The molecule has 0 fully saturated rings. The molecule has 1 aliphatic rings. The predicted octanol–water partition coefficient (Wildman–Crippen LogP) is 2.57. The molecule has 0 aromatic heterocycles. The zero-order valence-corrected chi connectivity index (χ0v) is 15.2. The van der Waals surface area contributed by atoms with E-state index in [1.807, 2.05) is 18.2 Å². The van der Waals surface area contributed by atoms with Gasteiger partial charge in [0.15, 0.2) is 5.96 Å². The van der Waals surface area contributed by atoms with E-state index in [0.29, 0.717) is 12.6 Å². The summed E-state index contributed by atoms with van der Waals surface area (Å²) in [5, 5.41) is 6.86. The monoisotopic (exact) mass is 330 g/mol. The molecule has 1 aromatic carbocycles. The average molecular weight is 330 g/mol. The maximum absolute atomic E-state index is 5.52. The number of methoxy groups -OCH3 is 1. The molecule has 132 valence electrons. The first-order valence-electron chi connectivity index (χ1n) is 8.64. The molecule has 5 nitrogen and oxygen atoms in total. The molecule has 0 saturated carbocycles. The Hall–Kier alpha value is -2.01. The van der Waals surface area contributed by atoms with Crippen molar-refractivity contribution in [1.82, 2.24) is 15.5 Å². The second-order valence-electron chi connectivity index (χ2n) is 6.23. The van der Waals surface area contributed by atoms with Crippen molar-refractivity contribution in [3.05, 3.63) is 42.0 Å². The minimum atomic E-state index is 0.165. The number of ether oxygens (including phenoxy) is 1. The van der Waals surface area contributed by atoms with Crippen molar-refractivity contribution < 1.29 is 4.74 Å². The number of benzene rings is 1. The van der Waals surface area contributed by atoms with E-state index >= 15 is 0 Å². The summed E-state index contributed by atoms with van der Waals surface area (Å²) in [4.78, 5) is 7.00. The highest BCUT2D eigenvalue weighted by Gasteiger charge is 2.18. The van der Waals surface area contributed by atoms with Gasteiger partial charge in [-0.3, -0.25) is 4.99 Å². The predicted molar refractivity (Wildman–Crippen MR) is 101 cm³/mol. The quantitative estimate of drug-likeness (QED) is 0.458. The number of guanidine groups is 1. The van der Waals surface area contributed by atoms with Gasteiger partial charge in [-0.1, -0.05) is 30.4 Å². The van der Waals surface area contributed by atoms with Crippen LogP contribution in [0.1, 0.15) is 31.4 Å². The molecule has 1 aromatic rings. The van der Waals surface area contributed by atoms with Gasteiger partial charge in [-0.2, -0.15) is 0 Å². The maximum Gasteiger partial charge on any atom is 0.191 e. The molecule has 24 heavy (non-hydrogen) atoms. The number of rotatable bonds is 7. The number of nitrogens with one attached hydrogen (secondary N) is 2. The van der Waals surface area contributed by atoms with Crippen LogP contribution in [0.2, 0.25) is 0 Å². The molecule has 0 aliphatic heterocycles. The summed E-state index contributed by atoms with van der Waals surface area (Å²) >= 11 is 0. The molecule has 2 N–H and O–H groups in total. The largest absolute Gasteiger partial charge is 0.496 e. The molecule has 1 atom stereocenters. The third-order valence-corrected chi connectivity index (χ3v) is 4.24. The molecule has 5 heteroatoms. The SMILES string of the molecule is CCNC(=NCC(c1ccccc1OC)N(C)C)NC1CC=CC1. The van der Waals surface area contributed by atoms with Gasteiger partial charge in [0.05, 0.1) is 19.7 Å². The number of aliphatic imine (C=N–C) groups is 1. The molecule has 0 radical (unpaired) electrons. The van der Waals surface area contributed by atoms with Crippen LogP contribution in [-0.2, 0) is 0 Å². The summed E-state index contributed by atoms with van der Waals surface area (Å²) in [7, 11) is 5.87. The first-order chi connectivity index (χ1) is 11.7. The summed E-state index contributed by atoms with van der Waals surface area (Å²) in [5.74, 6) is 1.79. The Labute approximate surface area is 145 Å². The lowest BCUT2D eigenvalue weighted by Gasteiger charge is -2.25. The van der Waals surface area contributed by atoms with Gasteiger partial charge in [0.2, 0.25) is 0 Å². The Balaban J connectivity index is 2.12. The van der Waals surface area contributed by atoms with E-state index in [9.17, 15) is 0 Å². The lowest BCUT2D eigenvalue weighted by Crippen LogP contribution is -2.43. The van der Waals surface area contributed by atoms with Gasteiger partial charge in [-0.25, -0.2) is 0 Å². The molecule has 0 amide bonds. The minimum Gasteiger partial charge on any atom is -0.496 e. The minimum absolute atomic E-state index is 0.165. The van der Waals surface area contributed by atoms with E-state index in [1.165, 1.54) is 0 Å². The number of hydrogen-bond donors (Lipinski definition) is 2. The van der Waals surface area contributed by atoms with Crippen LogP contribution >= 0.6 is 0 Å². The van der Waals surface area contributed by atoms with Crippen molar-refractivity contribution in [2.24, 2.45) is 4.99 Å². The van der Waals surface area contributed by atoms with Gasteiger partial charge in [0.25, 0.3) is 0 Å². The van der Waals surface area contributed by atoms with Gasteiger partial charge >= 0.3 is 0 Å². The fourth-order valence-electron chi connectivity index (χ4n) is 2.91. The lowest BCUT2D eigenvalue weighted by atomic mass is 10.0.